The molecule has 1 amide bonds. The Morgan fingerprint density at radius 1 is 1.53 bits per heavy atom. The molecule has 1 fully saturated rings. The van der Waals surface area contributed by atoms with Crippen LogP contribution in [0.15, 0.2) is 18.2 Å². The van der Waals surface area contributed by atoms with Crippen LogP contribution in [-0.2, 0) is 16.1 Å². The molecule has 4 nitrogen and oxygen atoms in total. The average Bonchev–Trinajstić information content (AvgIpc) is 2.33. The summed E-state index contributed by atoms with van der Waals surface area (Å²) in [6.45, 7) is 3.21. The van der Waals surface area contributed by atoms with Crippen molar-refractivity contribution in [3.05, 3.63) is 35.1 Å². The zero-order chi connectivity index (χ0) is 14.0. The van der Waals surface area contributed by atoms with Crippen molar-refractivity contribution in [2.75, 3.05) is 26.8 Å². The number of amides is 1. The molecule has 2 N–H and O–H groups in total. The molecule has 1 saturated heterocycles. The Balaban J connectivity index is 2.06. The van der Waals surface area contributed by atoms with Crippen molar-refractivity contribution < 1.29 is 13.9 Å². The summed E-state index contributed by atoms with van der Waals surface area (Å²) in [5.74, 6) is -0.244. The highest BCUT2D eigenvalue weighted by Gasteiger charge is 2.46. The van der Waals surface area contributed by atoms with Gasteiger partial charge in [-0.3, -0.25) is 4.79 Å². The number of rotatable bonds is 4. The van der Waals surface area contributed by atoms with E-state index >= 15 is 0 Å². The predicted octanol–water partition coefficient (Wildman–Crippen LogP) is 1.07. The minimum atomic E-state index is -0.566. The Bertz CT molecular complexity index is 481. The van der Waals surface area contributed by atoms with Crippen molar-refractivity contribution in [3.8, 4) is 0 Å². The number of ether oxygens (including phenoxy) is 1. The summed E-state index contributed by atoms with van der Waals surface area (Å²) in [7, 11) is 1.73. The molecule has 19 heavy (non-hydrogen) atoms. The van der Waals surface area contributed by atoms with Gasteiger partial charge in [-0.15, -0.1) is 0 Å². The van der Waals surface area contributed by atoms with Crippen molar-refractivity contribution in [2.24, 2.45) is 11.1 Å². The van der Waals surface area contributed by atoms with Gasteiger partial charge in [0.15, 0.2) is 0 Å². The van der Waals surface area contributed by atoms with Crippen LogP contribution in [-0.4, -0.2) is 37.6 Å². The van der Waals surface area contributed by atoms with E-state index in [-0.39, 0.29) is 11.7 Å². The van der Waals surface area contributed by atoms with E-state index in [0.29, 0.717) is 31.9 Å². The van der Waals surface area contributed by atoms with Crippen LogP contribution in [0.1, 0.15) is 11.1 Å². The fraction of sp³-hybridized carbons (Fsp3) is 0.500. The number of carbonyl (C=O) groups is 1. The van der Waals surface area contributed by atoms with Crippen LogP contribution in [0, 0.1) is 18.2 Å². The third-order valence-electron chi connectivity index (χ3n) is 3.59. The highest BCUT2D eigenvalue weighted by molar-refractivity contribution is 5.84. The van der Waals surface area contributed by atoms with Gasteiger partial charge in [-0.1, -0.05) is 12.1 Å². The van der Waals surface area contributed by atoms with Gasteiger partial charge in [0.25, 0.3) is 0 Å². The number of nitrogens with two attached hydrogens (primary N) is 1. The number of benzene rings is 1. The molecule has 1 heterocycles. The van der Waals surface area contributed by atoms with E-state index in [4.69, 9.17) is 10.5 Å². The van der Waals surface area contributed by atoms with E-state index < -0.39 is 5.41 Å². The summed E-state index contributed by atoms with van der Waals surface area (Å²) < 4.78 is 18.3. The first-order valence-electron chi connectivity index (χ1n) is 6.27. The molecule has 0 bridgehead atoms. The number of hydrogen-bond donors (Lipinski definition) is 1. The molecule has 0 atom stereocenters. The number of hydrogen-bond acceptors (Lipinski definition) is 3. The Labute approximate surface area is 112 Å². The normalized spacial score (nSPS) is 16.8. The Morgan fingerprint density at radius 3 is 2.68 bits per heavy atom. The van der Waals surface area contributed by atoms with Gasteiger partial charge in [0, 0.05) is 20.1 Å². The summed E-state index contributed by atoms with van der Waals surface area (Å²) >= 11 is 0. The average molecular weight is 266 g/mol. The second-order valence-corrected chi connectivity index (χ2v) is 5.22. The van der Waals surface area contributed by atoms with Gasteiger partial charge in [0.2, 0.25) is 5.91 Å². The molecule has 0 aromatic heterocycles. The van der Waals surface area contributed by atoms with Gasteiger partial charge in [0.1, 0.15) is 11.2 Å². The third kappa shape index (κ3) is 2.62. The van der Waals surface area contributed by atoms with Gasteiger partial charge in [-0.2, -0.15) is 0 Å². The van der Waals surface area contributed by atoms with E-state index in [1.54, 1.807) is 31.0 Å². The highest BCUT2D eigenvalue weighted by atomic mass is 19.1. The minimum absolute atomic E-state index is 0.0109. The lowest BCUT2D eigenvalue weighted by atomic mass is 9.84. The van der Waals surface area contributed by atoms with Crippen LogP contribution < -0.4 is 5.73 Å². The predicted molar refractivity (Wildman–Crippen MR) is 69.9 cm³/mol. The van der Waals surface area contributed by atoms with Crippen molar-refractivity contribution in [1.82, 2.24) is 4.90 Å². The quantitative estimate of drug-likeness (QED) is 0.887. The lowest BCUT2D eigenvalue weighted by molar-refractivity contribution is -0.169. The summed E-state index contributed by atoms with van der Waals surface area (Å²) in [6, 6.07) is 4.87. The van der Waals surface area contributed by atoms with Gasteiger partial charge in [0.05, 0.1) is 13.2 Å². The molecule has 2 rings (SSSR count). The first kappa shape index (κ1) is 14.0. The Hall–Kier alpha value is -1.46. The van der Waals surface area contributed by atoms with Crippen LogP contribution >= 0.6 is 0 Å². The molecular weight excluding hydrogens is 247 g/mol. The minimum Gasteiger partial charge on any atom is -0.379 e. The van der Waals surface area contributed by atoms with E-state index in [0.717, 1.165) is 5.56 Å². The van der Waals surface area contributed by atoms with Gasteiger partial charge < -0.3 is 15.4 Å². The third-order valence-corrected chi connectivity index (χ3v) is 3.59. The number of aryl methyl sites for hydroxylation is 1. The lowest BCUT2D eigenvalue weighted by Gasteiger charge is -2.41. The summed E-state index contributed by atoms with van der Waals surface area (Å²) in [6.07, 6.45) is 0. The van der Waals surface area contributed by atoms with Gasteiger partial charge in [-0.25, -0.2) is 4.39 Å². The zero-order valence-corrected chi connectivity index (χ0v) is 11.3. The maximum Gasteiger partial charge on any atom is 0.234 e. The zero-order valence-electron chi connectivity index (χ0n) is 11.3. The molecule has 0 unspecified atom stereocenters. The summed E-state index contributed by atoms with van der Waals surface area (Å²) in [5, 5.41) is 0. The molecule has 0 spiro atoms. The monoisotopic (exact) mass is 266 g/mol. The highest BCUT2D eigenvalue weighted by Crippen LogP contribution is 2.28. The van der Waals surface area contributed by atoms with E-state index in [2.05, 4.69) is 0 Å². The van der Waals surface area contributed by atoms with Crippen LogP contribution in [0.2, 0.25) is 0 Å². The second kappa shape index (κ2) is 5.27. The van der Waals surface area contributed by atoms with Gasteiger partial charge in [-0.05, 0) is 24.1 Å². The smallest absolute Gasteiger partial charge is 0.234 e. The lowest BCUT2D eigenvalue weighted by Crippen LogP contribution is -2.58. The molecule has 1 aliphatic heterocycles. The first-order valence-corrected chi connectivity index (χ1v) is 6.27. The second-order valence-electron chi connectivity index (χ2n) is 5.22. The summed E-state index contributed by atoms with van der Waals surface area (Å²) in [4.78, 5) is 14.0. The maximum atomic E-state index is 13.2. The Morgan fingerprint density at radius 2 is 2.21 bits per heavy atom. The molecule has 0 saturated carbocycles. The summed E-state index contributed by atoms with van der Waals surface area (Å²) in [5.41, 5.74) is 6.59. The van der Waals surface area contributed by atoms with Crippen LogP contribution in [0.5, 0.6) is 0 Å². The SMILES string of the molecule is Cc1cc(CN(C)C(=O)C2(CN)COC2)ccc1F. The van der Waals surface area contributed by atoms with E-state index in [1.807, 2.05) is 0 Å². The standard InChI is InChI=1S/C14H19FN2O2/c1-10-5-11(3-4-12(10)15)6-17(2)13(18)14(7-16)8-19-9-14/h3-5H,6-9,16H2,1-2H3. The fourth-order valence-electron chi connectivity index (χ4n) is 2.23. The van der Waals surface area contributed by atoms with Crippen LogP contribution in [0.4, 0.5) is 4.39 Å². The molecule has 1 aliphatic rings. The number of carbonyl (C=O) groups excluding carboxylic acids is 1. The molecule has 5 heteroatoms. The van der Waals surface area contributed by atoms with Crippen molar-refractivity contribution in [3.63, 3.8) is 0 Å². The maximum absolute atomic E-state index is 13.2. The van der Waals surface area contributed by atoms with Crippen LogP contribution in [0.25, 0.3) is 0 Å². The van der Waals surface area contributed by atoms with Crippen LogP contribution in [0.3, 0.4) is 0 Å². The fourth-order valence-corrected chi connectivity index (χ4v) is 2.23. The number of halogens is 1. The molecule has 1 aromatic carbocycles. The molecule has 0 aliphatic carbocycles. The van der Waals surface area contributed by atoms with Crippen molar-refractivity contribution >= 4 is 5.91 Å². The van der Waals surface area contributed by atoms with Crippen molar-refractivity contribution in [1.29, 1.82) is 0 Å². The first-order chi connectivity index (χ1) is 8.98. The number of nitrogens with zero attached hydrogens (tertiary/aromatic N) is 1. The molecular formula is C14H19FN2O2. The molecule has 0 radical (unpaired) electrons. The molecule has 1 aromatic rings. The largest absolute Gasteiger partial charge is 0.379 e. The Kier molecular flexibility index (Phi) is 3.87. The van der Waals surface area contributed by atoms with E-state index in [1.165, 1.54) is 6.07 Å². The molecule has 104 valence electrons. The van der Waals surface area contributed by atoms with Crippen molar-refractivity contribution in [2.45, 2.75) is 13.5 Å². The van der Waals surface area contributed by atoms with Gasteiger partial charge >= 0.3 is 0 Å². The topological polar surface area (TPSA) is 55.6 Å². The van der Waals surface area contributed by atoms with E-state index in [9.17, 15) is 9.18 Å².